The average molecular weight is 278 g/mol. The Morgan fingerprint density at radius 1 is 1.30 bits per heavy atom. The van der Waals surface area contributed by atoms with Gasteiger partial charge in [-0.15, -0.1) is 0 Å². The maximum atomic E-state index is 11.7. The van der Waals surface area contributed by atoms with Crippen molar-refractivity contribution in [1.29, 1.82) is 0 Å². The Labute approximate surface area is 120 Å². The van der Waals surface area contributed by atoms with E-state index in [1.54, 1.807) is 14.0 Å². The minimum atomic E-state index is -0.483. The molecule has 0 fully saturated rings. The summed E-state index contributed by atoms with van der Waals surface area (Å²) in [5.74, 6) is 0.210. The summed E-state index contributed by atoms with van der Waals surface area (Å²) < 4.78 is 10.2. The Balaban J connectivity index is 2.63. The molecule has 1 aromatic rings. The topological polar surface area (TPSA) is 52.6 Å². The van der Waals surface area contributed by atoms with Crippen molar-refractivity contribution >= 4 is 11.6 Å². The first-order valence-electron chi connectivity index (χ1n) is 6.82. The SMILES string of the molecule is CCC(=O)C(CCc1cccc(OCOC)c1)C(C)=O. The molecule has 1 atom stereocenters. The van der Waals surface area contributed by atoms with E-state index >= 15 is 0 Å². The number of carbonyl (C=O) groups excluding carboxylic acids is 2. The van der Waals surface area contributed by atoms with Gasteiger partial charge in [-0.1, -0.05) is 19.1 Å². The molecule has 4 heteroatoms. The highest BCUT2D eigenvalue weighted by molar-refractivity contribution is 6.01. The second-order valence-electron chi connectivity index (χ2n) is 4.72. The Morgan fingerprint density at radius 3 is 2.65 bits per heavy atom. The minimum absolute atomic E-state index is 0.0179. The van der Waals surface area contributed by atoms with Gasteiger partial charge < -0.3 is 9.47 Å². The third-order valence-electron chi connectivity index (χ3n) is 3.19. The third kappa shape index (κ3) is 5.13. The van der Waals surface area contributed by atoms with E-state index < -0.39 is 5.92 Å². The van der Waals surface area contributed by atoms with Gasteiger partial charge in [-0.3, -0.25) is 9.59 Å². The highest BCUT2D eigenvalue weighted by Crippen LogP contribution is 2.18. The molecule has 0 aromatic heterocycles. The van der Waals surface area contributed by atoms with Gasteiger partial charge in [-0.2, -0.15) is 0 Å². The lowest BCUT2D eigenvalue weighted by Crippen LogP contribution is -2.21. The quantitative estimate of drug-likeness (QED) is 0.515. The van der Waals surface area contributed by atoms with Crippen LogP contribution in [-0.4, -0.2) is 25.5 Å². The average Bonchev–Trinajstić information content (AvgIpc) is 2.45. The first-order valence-corrected chi connectivity index (χ1v) is 6.82. The number of carbonyl (C=O) groups is 2. The Morgan fingerprint density at radius 2 is 2.05 bits per heavy atom. The Bertz CT molecular complexity index is 454. The van der Waals surface area contributed by atoms with Crippen LogP contribution < -0.4 is 4.74 Å². The molecule has 0 N–H and O–H groups in total. The standard InChI is InChI=1S/C16H22O4/c1-4-16(18)15(12(2)17)9-8-13-6-5-7-14(10-13)20-11-19-3/h5-7,10,15H,4,8-9,11H2,1-3H3. The number of ether oxygens (including phenoxy) is 2. The fourth-order valence-electron chi connectivity index (χ4n) is 2.07. The van der Waals surface area contributed by atoms with Crippen molar-refractivity contribution in [2.24, 2.45) is 5.92 Å². The van der Waals surface area contributed by atoms with E-state index in [1.165, 1.54) is 6.92 Å². The predicted molar refractivity (Wildman–Crippen MR) is 76.7 cm³/mol. The van der Waals surface area contributed by atoms with Crippen LogP contribution in [0.5, 0.6) is 5.75 Å². The van der Waals surface area contributed by atoms with Crippen LogP contribution in [0.15, 0.2) is 24.3 Å². The third-order valence-corrected chi connectivity index (χ3v) is 3.19. The number of ketones is 2. The monoisotopic (exact) mass is 278 g/mol. The van der Waals surface area contributed by atoms with E-state index in [0.717, 1.165) is 11.3 Å². The number of aryl methyl sites for hydroxylation is 1. The summed E-state index contributed by atoms with van der Waals surface area (Å²) in [7, 11) is 1.57. The van der Waals surface area contributed by atoms with Crippen LogP contribution in [0.3, 0.4) is 0 Å². The second-order valence-corrected chi connectivity index (χ2v) is 4.72. The molecule has 1 aromatic carbocycles. The highest BCUT2D eigenvalue weighted by atomic mass is 16.7. The number of hydrogen-bond acceptors (Lipinski definition) is 4. The summed E-state index contributed by atoms with van der Waals surface area (Å²) in [6, 6.07) is 7.62. The van der Waals surface area contributed by atoms with Crippen molar-refractivity contribution in [3.8, 4) is 5.75 Å². The molecule has 110 valence electrons. The second kappa shape index (κ2) is 8.48. The largest absolute Gasteiger partial charge is 0.468 e. The molecule has 0 aliphatic heterocycles. The van der Waals surface area contributed by atoms with Crippen molar-refractivity contribution in [2.75, 3.05) is 13.9 Å². The fraction of sp³-hybridized carbons (Fsp3) is 0.500. The summed E-state index contributed by atoms with van der Waals surface area (Å²) in [6.07, 6.45) is 1.64. The van der Waals surface area contributed by atoms with Gasteiger partial charge in [0.1, 0.15) is 17.3 Å². The van der Waals surface area contributed by atoms with Gasteiger partial charge in [0.15, 0.2) is 6.79 Å². The van der Waals surface area contributed by atoms with Crippen molar-refractivity contribution in [3.05, 3.63) is 29.8 Å². The van der Waals surface area contributed by atoms with Crippen LogP contribution in [0.4, 0.5) is 0 Å². The molecule has 1 unspecified atom stereocenters. The molecular formula is C16H22O4. The molecule has 0 amide bonds. The van der Waals surface area contributed by atoms with E-state index in [9.17, 15) is 9.59 Å². The zero-order valence-corrected chi connectivity index (χ0v) is 12.3. The fourth-order valence-corrected chi connectivity index (χ4v) is 2.07. The predicted octanol–water partition coefficient (Wildman–Crippen LogP) is 2.79. The van der Waals surface area contributed by atoms with Gasteiger partial charge in [-0.05, 0) is 37.5 Å². The Hall–Kier alpha value is -1.68. The van der Waals surface area contributed by atoms with E-state index in [2.05, 4.69) is 0 Å². The van der Waals surface area contributed by atoms with Gasteiger partial charge in [-0.25, -0.2) is 0 Å². The number of hydrogen-bond donors (Lipinski definition) is 0. The van der Waals surface area contributed by atoms with Crippen molar-refractivity contribution < 1.29 is 19.1 Å². The van der Waals surface area contributed by atoms with Crippen molar-refractivity contribution in [1.82, 2.24) is 0 Å². The van der Waals surface area contributed by atoms with Gasteiger partial charge >= 0.3 is 0 Å². The molecule has 0 saturated carbocycles. The lowest BCUT2D eigenvalue weighted by atomic mass is 9.91. The summed E-state index contributed by atoms with van der Waals surface area (Å²) in [6.45, 7) is 3.47. The van der Waals surface area contributed by atoms with Crippen LogP contribution in [0.25, 0.3) is 0 Å². The summed E-state index contributed by atoms with van der Waals surface area (Å²) in [5, 5.41) is 0. The first-order chi connectivity index (χ1) is 9.58. The van der Waals surface area contributed by atoms with Gasteiger partial charge in [0, 0.05) is 13.5 Å². The van der Waals surface area contributed by atoms with Crippen molar-refractivity contribution in [3.63, 3.8) is 0 Å². The maximum Gasteiger partial charge on any atom is 0.188 e. The van der Waals surface area contributed by atoms with E-state index in [-0.39, 0.29) is 18.4 Å². The maximum absolute atomic E-state index is 11.7. The molecule has 1 rings (SSSR count). The van der Waals surface area contributed by atoms with Crippen LogP contribution in [0.1, 0.15) is 32.3 Å². The van der Waals surface area contributed by atoms with Crippen molar-refractivity contribution in [2.45, 2.75) is 33.1 Å². The van der Waals surface area contributed by atoms with Gasteiger partial charge in [0.2, 0.25) is 0 Å². The van der Waals surface area contributed by atoms with Crippen LogP contribution in [0.2, 0.25) is 0 Å². The normalized spacial score (nSPS) is 11.9. The molecule has 0 spiro atoms. The first kappa shape index (κ1) is 16.4. The van der Waals surface area contributed by atoms with Crippen LogP contribution >= 0.6 is 0 Å². The summed E-state index contributed by atoms with van der Waals surface area (Å²) in [4.78, 5) is 23.2. The molecule has 0 saturated heterocycles. The molecule has 0 bridgehead atoms. The zero-order valence-electron chi connectivity index (χ0n) is 12.3. The molecule has 4 nitrogen and oxygen atoms in total. The van der Waals surface area contributed by atoms with E-state index in [4.69, 9.17) is 9.47 Å². The Kier molecular flexibility index (Phi) is 6.94. The lowest BCUT2D eigenvalue weighted by Gasteiger charge is -2.12. The molecule has 0 aliphatic rings. The molecule has 0 heterocycles. The molecule has 20 heavy (non-hydrogen) atoms. The number of methoxy groups -OCH3 is 1. The molecule has 0 radical (unpaired) electrons. The number of Topliss-reactive ketones (excluding diaryl/α,β-unsaturated/α-hetero) is 2. The smallest absolute Gasteiger partial charge is 0.188 e. The molecule has 0 aliphatic carbocycles. The summed E-state index contributed by atoms with van der Waals surface area (Å²) >= 11 is 0. The summed E-state index contributed by atoms with van der Waals surface area (Å²) in [5.41, 5.74) is 1.05. The van der Waals surface area contributed by atoms with Crippen LogP contribution in [0, 0.1) is 5.92 Å². The number of benzene rings is 1. The van der Waals surface area contributed by atoms with E-state index in [1.807, 2.05) is 24.3 Å². The van der Waals surface area contributed by atoms with Gasteiger partial charge in [0.05, 0.1) is 5.92 Å². The zero-order chi connectivity index (χ0) is 15.0. The van der Waals surface area contributed by atoms with Crippen LogP contribution in [-0.2, 0) is 20.7 Å². The number of rotatable bonds is 9. The minimum Gasteiger partial charge on any atom is -0.468 e. The highest BCUT2D eigenvalue weighted by Gasteiger charge is 2.21. The lowest BCUT2D eigenvalue weighted by molar-refractivity contribution is -0.131. The van der Waals surface area contributed by atoms with Gasteiger partial charge in [0.25, 0.3) is 0 Å². The molecular weight excluding hydrogens is 256 g/mol. The van der Waals surface area contributed by atoms with E-state index in [0.29, 0.717) is 19.3 Å².